The van der Waals surface area contributed by atoms with Gasteiger partial charge in [-0.2, -0.15) is 0 Å². The fraction of sp³-hybridized carbons (Fsp3) is 0.0769. The molecule has 2 rings (SSSR count). The Bertz CT molecular complexity index is 495. The fourth-order valence-electron chi connectivity index (χ4n) is 1.71. The van der Waals surface area contributed by atoms with Crippen LogP contribution in [0.25, 0.3) is 11.1 Å². The van der Waals surface area contributed by atoms with Gasteiger partial charge in [0.15, 0.2) is 5.75 Å². The minimum absolute atomic E-state index is 0.543. The summed E-state index contributed by atoms with van der Waals surface area (Å²) in [7, 11) is 1.57. The molecule has 0 aliphatic heterocycles. The zero-order chi connectivity index (χ0) is 11.5. The molecular weight excluding hydrogens is 200 g/mol. The van der Waals surface area contributed by atoms with Gasteiger partial charge in [0.1, 0.15) is 0 Å². The zero-order valence-corrected chi connectivity index (χ0v) is 9.10. The molecule has 0 saturated heterocycles. The second-order valence-electron chi connectivity index (χ2n) is 3.52. The summed E-state index contributed by atoms with van der Waals surface area (Å²) >= 11 is 0. The van der Waals surface area contributed by atoms with E-state index in [9.17, 15) is 0 Å². The van der Waals surface area contributed by atoms with E-state index in [2.05, 4.69) is 0 Å². The third-order valence-corrected chi connectivity index (χ3v) is 2.52. The second-order valence-corrected chi connectivity index (χ2v) is 3.52. The maximum absolute atomic E-state index is 6.02. The fourth-order valence-corrected chi connectivity index (χ4v) is 1.71. The van der Waals surface area contributed by atoms with E-state index in [1.54, 1.807) is 13.2 Å². The van der Waals surface area contributed by atoms with Crippen molar-refractivity contribution in [1.82, 2.24) is 0 Å². The molecule has 0 amide bonds. The van der Waals surface area contributed by atoms with Gasteiger partial charge in [-0.25, -0.2) is 0 Å². The Morgan fingerprint density at radius 3 is 2.25 bits per heavy atom. The molecule has 0 radical (unpaired) electrons. The standard InChI is InChI=1S/C13H14N2O/c1-16-13-11(14)8-7-10(12(13)15)9-5-3-2-4-6-9/h2-8H,14-15H2,1H3. The number of nitrogens with two attached hydrogens (primary N) is 2. The van der Waals surface area contributed by atoms with Crippen LogP contribution in [-0.2, 0) is 0 Å². The Labute approximate surface area is 94.6 Å². The van der Waals surface area contributed by atoms with E-state index in [1.807, 2.05) is 36.4 Å². The van der Waals surface area contributed by atoms with Crippen molar-refractivity contribution >= 4 is 11.4 Å². The molecule has 0 aromatic heterocycles. The van der Waals surface area contributed by atoms with Gasteiger partial charge < -0.3 is 16.2 Å². The first kappa shape index (κ1) is 10.4. The van der Waals surface area contributed by atoms with Crippen molar-refractivity contribution < 1.29 is 4.74 Å². The summed E-state index contributed by atoms with van der Waals surface area (Å²) in [5.74, 6) is 0.543. The minimum Gasteiger partial charge on any atom is -0.492 e. The Hall–Kier alpha value is -2.16. The predicted octanol–water partition coefficient (Wildman–Crippen LogP) is 2.53. The van der Waals surface area contributed by atoms with E-state index in [4.69, 9.17) is 16.2 Å². The van der Waals surface area contributed by atoms with Crippen LogP contribution in [0.1, 0.15) is 0 Å². The number of hydrogen-bond donors (Lipinski definition) is 2. The summed E-state index contributed by atoms with van der Waals surface area (Å²) < 4.78 is 5.19. The molecule has 0 saturated carbocycles. The maximum Gasteiger partial charge on any atom is 0.165 e. The van der Waals surface area contributed by atoms with Crippen LogP contribution in [0.2, 0.25) is 0 Å². The number of methoxy groups -OCH3 is 1. The van der Waals surface area contributed by atoms with Crippen LogP contribution in [0.5, 0.6) is 5.75 Å². The summed E-state index contributed by atoms with van der Waals surface area (Å²) in [5, 5.41) is 0. The Balaban J connectivity index is 2.59. The van der Waals surface area contributed by atoms with Gasteiger partial charge in [0.25, 0.3) is 0 Å². The van der Waals surface area contributed by atoms with Gasteiger partial charge in [-0.15, -0.1) is 0 Å². The second kappa shape index (κ2) is 4.14. The van der Waals surface area contributed by atoms with Crippen LogP contribution < -0.4 is 16.2 Å². The van der Waals surface area contributed by atoms with Gasteiger partial charge in [0, 0.05) is 5.56 Å². The van der Waals surface area contributed by atoms with E-state index >= 15 is 0 Å². The highest BCUT2D eigenvalue weighted by Crippen LogP contribution is 2.37. The average Bonchev–Trinajstić information content (AvgIpc) is 2.31. The van der Waals surface area contributed by atoms with Crippen LogP contribution in [0, 0.1) is 0 Å². The lowest BCUT2D eigenvalue weighted by atomic mass is 10.0. The minimum atomic E-state index is 0.543. The van der Waals surface area contributed by atoms with Crippen molar-refractivity contribution in [2.24, 2.45) is 0 Å². The summed E-state index contributed by atoms with van der Waals surface area (Å²) in [6.07, 6.45) is 0. The Morgan fingerprint density at radius 1 is 0.938 bits per heavy atom. The van der Waals surface area contributed by atoms with Crippen LogP contribution >= 0.6 is 0 Å². The molecule has 16 heavy (non-hydrogen) atoms. The first-order valence-corrected chi connectivity index (χ1v) is 5.01. The average molecular weight is 214 g/mol. The molecule has 3 heteroatoms. The molecule has 0 bridgehead atoms. The van der Waals surface area contributed by atoms with Crippen molar-refractivity contribution in [2.75, 3.05) is 18.6 Å². The number of rotatable bonds is 2. The summed E-state index contributed by atoms with van der Waals surface area (Å²) in [5.41, 5.74) is 14.9. The van der Waals surface area contributed by atoms with Gasteiger partial charge in [0.05, 0.1) is 18.5 Å². The van der Waals surface area contributed by atoms with E-state index in [0.717, 1.165) is 11.1 Å². The smallest absolute Gasteiger partial charge is 0.165 e. The van der Waals surface area contributed by atoms with E-state index in [1.165, 1.54) is 0 Å². The van der Waals surface area contributed by atoms with Gasteiger partial charge in [-0.3, -0.25) is 0 Å². The van der Waals surface area contributed by atoms with Crippen molar-refractivity contribution in [3.8, 4) is 16.9 Å². The van der Waals surface area contributed by atoms with Crippen LogP contribution in [0.15, 0.2) is 42.5 Å². The van der Waals surface area contributed by atoms with Crippen molar-refractivity contribution in [1.29, 1.82) is 0 Å². The van der Waals surface area contributed by atoms with Gasteiger partial charge in [-0.1, -0.05) is 30.3 Å². The number of ether oxygens (including phenoxy) is 1. The Morgan fingerprint density at radius 2 is 1.62 bits per heavy atom. The topological polar surface area (TPSA) is 61.3 Å². The number of nitrogen functional groups attached to an aromatic ring is 2. The van der Waals surface area contributed by atoms with E-state index in [-0.39, 0.29) is 0 Å². The van der Waals surface area contributed by atoms with Crippen LogP contribution in [0.4, 0.5) is 11.4 Å². The molecule has 0 atom stereocenters. The van der Waals surface area contributed by atoms with Gasteiger partial charge >= 0.3 is 0 Å². The number of benzene rings is 2. The molecule has 82 valence electrons. The highest BCUT2D eigenvalue weighted by atomic mass is 16.5. The van der Waals surface area contributed by atoms with E-state index < -0.39 is 0 Å². The highest BCUT2D eigenvalue weighted by molar-refractivity contribution is 5.85. The summed E-state index contributed by atoms with van der Waals surface area (Å²) in [4.78, 5) is 0. The molecule has 0 spiro atoms. The molecule has 0 aliphatic carbocycles. The predicted molar refractivity (Wildman–Crippen MR) is 67.3 cm³/mol. The zero-order valence-electron chi connectivity index (χ0n) is 9.10. The van der Waals surface area contributed by atoms with Crippen LogP contribution in [-0.4, -0.2) is 7.11 Å². The van der Waals surface area contributed by atoms with Crippen LogP contribution in [0.3, 0.4) is 0 Å². The summed E-state index contributed by atoms with van der Waals surface area (Å²) in [6, 6.07) is 13.6. The van der Waals surface area contributed by atoms with Gasteiger partial charge in [0.2, 0.25) is 0 Å². The van der Waals surface area contributed by atoms with Crippen molar-refractivity contribution in [3.05, 3.63) is 42.5 Å². The number of anilines is 2. The molecule has 2 aromatic carbocycles. The summed E-state index contributed by atoms with van der Waals surface area (Å²) in [6.45, 7) is 0. The highest BCUT2D eigenvalue weighted by Gasteiger charge is 2.10. The number of hydrogen-bond acceptors (Lipinski definition) is 3. The molecule has 2 aromatic rings. The molecule has 0 fully saturated rings. The van der Waals surface area contributed by atoms with Gasteiger partial charge in [-0.05, 0) is 17.7 Å². The lowest BCUT2D eigenvalue weighted by Gasteiger charge is -2.12. The third kappa shape index (κ3) is 1.67. The molecule has 4 N–H and O–H groups in total. The molecule has 0 heterocycles. The quantitative estimate of drug-likeness (QED) is 0.755. The first-order chi connectivity index (χ1) is 7.74. The SMILES string of the molecule is COc1c(N)ccc(-c2ccccc2)c1N. The molecule has 0 aliphatic rings. The van der Waals surface area contributed by atoms with Crippen molar-refractivity contribution in [2.45, 2.75) is 0 Å². The monoisotopic (exact) mass is 214 g/mol. The molecular formula is C13H14N2O. The lowest BCUT2D eigenvalue weighted by Crippen LogP contribution is -1.99. The normalized spacial score (nSPS) is 10.1. The Kier molecular flexibility index (Phi) is 2.68. The largest absolute Gasteiger partial charge is 0.492 e. The lowest BCUT2D eigenvalue weighted by molar-refractivity contribution is 0.419. The molecule has 0 unspecified atom stereocenters. The van der Waals surface area contributed by atoms with Crippen molar-refractivity contribution in [3.63, 3.8) is 0 Å². The third-order valence-electron chi connectivity index (χ3n) is 2.52. The maximum atomic E-state index is 6.02. The molecule has 3 nitrogen and oxygen atoms in total. The first-order valence-electron chi connectivity index (χ1n) is 5.01. The van der Waals surface area contributed by atoms with E-state index in [0.29, 0.717) is 17.1 Å².